The molecule has 0 spiro atoms. The van der Waals surface area contributed by atoms with Gasteiger partial charge in [-0.3, -0.25) is 14.6 Å². The number of rotatable bonds is 6. The van der Waals surface area contributed by atoms with Crippen molar-refractivity contribution in [3.8, 4) is 5.75 Å². The Morgan fingerprint density at radius 2 is 2.00 bits per heavy atom. The van der Waals surface area contributed by atoms with Crippen LogP contribution in [0.5, 0.6) is 5.75 Å². The molecular weight excluding hydrogens is 422 g/mol. The average Bonchev–Trinajstić information content (AvgIpc) is 3.02. The number of carbonyl (C=O) groups is 2. The first-order valence-electron chi connectivity index (χ1n) is 9.69. The first-order valence-corrected chi connectivity index (χ1v) is 10.9. The third-order valence-corrected chi connectivity index (χ3v) is 6.12. The molecule has 1 N–H and O–H groups in total. The van der Waals surface area contributed by atoms with Crippen molar-refractivity contribution >= 4 is 51.7 Å². The van der Waals surface area contributed by atoms with Crippen LogP contribution in [0.2, 0.25) is 5.02 Å². The normalized spacial score (nSPS) is 16.9. The zero-order chi connectivity index (χ0) is 21.7. The van der Waals surface area contributed by atoms with Crippen molar-refractivity contribution < 1.29 is 14.3 Å². The van der Waals surface area contributed by atoms with E-state index in [1.54, 1.807) is 37.4 Å². The van der Waals surface area contributed by atoms with Crippen LogP contribution in [0.15, 0.2) is 47.5 Å². The smallest absolute Gasteiger partial charge is 0.247 e. The van der Waals surface area contributed by atoms with E-state index in [1.807, 2.05) is 26.0 Å². The number of imide groups is 1. The van der Waals surface area contributed by atoms with Crippen molar-refractivity contribution in [1.29, 1.82) is 0 Å². The maximum Gasteiger partial charge on any atom is 0.247 e. The maximum absolute atomic E-state index is 12.9. The number of halogens is 1. The Balaban J connectivity index is 1.68. The van der Waals surface area contributed by atoms with E-state index in [4.69, 9.17) is 16.3 Å². The number of nitrogens with zero attached hydrogens (tertiary/aromatic N) is 2. The van der Waals surface area contributed by atoms with Gasteiger partial charge in [-0.25, -0.2) is 4.90 Å². The molecule has 1 heterocycles. The number of carbonyl (C=O) groups excluding carboxylic acids is 2. The second-order valence-electron chi connectivity index (χ2n) is 6.84. The topological polar surface area (TPSA) is 71.0 Å². The van der Waals surface area contributed by atoms with E-state index in [2.05, 4.69) is 10.3 Å². The van der Waals surface area contributed by atoms with Crippen molar-refractivity contribution in [3.05, 3.63) is 53.1 Å². The fourth-order valence-electron chi connectivity index (χ4n) is 2.95. The van der Waals surface area contributed by atoms with Crippen molar-refractivity contribution in [3.63, 3.8) is 0 Å². The summed E-state index contributed by atoms with van der Waals surface area (Å²) >= 11 is 7.42. The van der Waals surface area contributed by atoms with E-state index in [0.29, 0.717) is 28.2 Å². The number of benzene rings is 2. The Kier molecular flexibility index (Phi) is 7.39. The van der Waals surface area contributed by atoms with Crippen LogP contribution >= 0.6 is 23.4 Å². The molecule has 3 rings (SSSR count). The van der Waals surface area contributed by atoms with E-state index in [1.165, 1.54) is 16.7 Å². The second kappa shape index (κ2) is 10.00. The number of ether oxygens (including phenoxy) is 1. The number of hydrogen-bond acceptors (Lipinski definition) is 5. The molecule has 2 aromatic rings. The second-order valence-corrected chi connectivity index (χ2v) is 8.44. The van der Waals surface area contributed by atoms with Gasteiger partial charge in [0, 0.05) is 24.2 Å². The summed E-state index contributed by atoms with van der Waals surface area (Å²) in [5.41, 5.74) is 2.29. The number of amidine groups is 1. The molecule has 30 heavy (non-hydrogen) atoms. The van der Waals surface area contributed by atoms with Crippen LogP contribution in [-0.4, -0.2) is 35.9 Å². The van der Waals surface area contributed by atoms with Gasteiger partial charge in [0.25, 0.3) is 0 Å². The van der Waals surface area contributed by atoms with Crippen molar-refractivity contribution in [2.75, 3.05) is 23.9 Å². The van der Waals surface area contributed by atoms with Crippen LogP contribution < -0.4 is 15.0 Å². The number of aryl methyl sites for hydroxylation is 1. The van der Waals surface area contributed by atoms with E-state index in [-0.39, 0.29) is 18.2 Å². The lowest BCUT2D eigenvalue weighted by Gasteiger charge is -2.16. The van der Waals surface area contributed by atoms with Crippen molar-refractivity contribution in [2.45, 2.75) is 31.9 Å². The zero-order valence-electron chi connectivity index (χ0n) is 17.1. The first kappa shape index (κ1) is 22.2. The standard InChI is InChI=1S/C22H24ClN3O3S/c1-4-11-29-17-9-7-16(8-10-17)26-20(27)13-19(21(26)28)30-22(24-3)25-15-6-5-14(2)18(23)12-15/h5-10,12,19H,4,11,13H2,1-3H3,(H,24,25). The van der Waals surface area contributed by atoms with Gasteiger partial charge in [0.1, 0.15) is 11.0 Å². The SMILES string of the molecule is CCCOc1ccc(N2C(=O)CC(SC(=NC)Nc3ccc(C)c(Cl)c3)C2=O)cc1. The Hall–Kier alpha value is -2.51. The quantitative estimate of drug-likeness (QED) is 0.389. The summed E-state index contributed by atoms with van der Waals surface area (Å²) in [6.07, 6.45) is 1.03. The molecule has 0 saturated carbocycles. The largest absolute Gasteiger partial charge is 0.494 e. The summed E-state index contributed by atoms with van der Waals surface area (Å²) in [6, 6.07) is 12.6. The highest BCUT2D eigenvalue weighted by Gasteiger charge is 2.40. The molecule has 0 aromatic heterocycles. The number of anilines is 2. The number of nitrogens with one attached hydrogen (secondary N) is 1. The van der Waals surface area contributed by atoms with E-state index >= 15 is 0 Å². The minimum atomic E-state index is -0.541. The van der Waals surface area contributed by atoms with Crippen LogP contribution in [0.1, 0.15) is 25.3 Å². The Labute approximate surface area is 185 Å². The predicted molar refractivity (Wildman–Crippen MR) is 124 cm³/mol. The van der Waals surface area contributed by atoms with Crippen molar-refractivity contribution in [1.82, 2.24) is 0 Å². The Bertz CT molecular complexity index is 963. The van der Waals surface area contributed by atoms with E-state index < -0.39 is 5.25 Å². The van der Waals surface area contributed by atoms with E-state index in [0.717, 1.165) is 17.7 Å². The lowest BCUT2D eigenvalue weighted by molar-refractivity contribution is -0.121. The summed E-state index contributed by atoms with van der Waals surface area (Å²) in [4.78, 5) is 30.9. The molecule has 6 nitrogen and oxygen atoms in total. The summed E-state index contributed by atoms with van der Waals surface area (Å²) in [5.74, 6) is 0.234. The minimum absolute atomic E-state index is 0.118. The molecule has 158 valence electrons. The van der Waals surface area contributed by atoms with E-state index in [9.17, 15) is 9.59 Å². The van der Waals surface area contributed by atoms with Gasteiger partial charge >= 0.3 is 0 Å². The van der Waals surface area contributed by atoms with Crippen molar-refractivity contribution in [2.24, 2.45) is 4.99 Å². The molecule has 1 aliphatic rings. The summed E-state index contributed by atoms with van der Waals surface area (Å²) < 4.78 is 5.56. The highest BCUT2D eigenvalue weighted by atomic mass is 35.5. The summed E-state index contributed by atoms with van der Waals surface area (Å²) in [5, 5.41) is 3.82. The van der Waals surface area contributed by atoms with Gasteiger partial charge in [-0.2, -0.15) is 0 Å². The molecular formula is C22H24ClN3O3S. The molecule has 0 bridgehead atoms. The van der Waals surface area contributed by atoms with Gasteiger partial charge in [-0.15, -0.1) is 0 Å². The molecule has 1 fully saturated rings. The lowest BCUT2D eigenvalue weighted by atomic mass is 10.2. The Morgan fingerprint density at radius 3 is 2.63 bits per heavy atom. The first-order chi connectivity index (χ1) is 14.4. The summed E-state index contributed by atoms with van der Waals surface area (Å²) in [6.45, 7) is 4.58. The average molecular weight is 446 g/mol. The van der Waals surface area contributed by atoms with Gasteiger partial charge in [0.05, 0.1) is 12.3 Å². The van der Waals surface area contributed by atoms with Crippen LogP contribution in [-0.2, 0) is 9.59 Å². The molecule has 1 unspecified atom stereocenters. The predicted octanol–water partition coefficient (Wildman–Crippen LogP) is 4.90. The fourth-order valence-corrected chi connectivity index (χ4v) is 4.11. The Morgan fingerprint density at radius 1 is 1.27 bits per heavy atom. The highest BCUT2D eigenvalue weighted by Crippen LogP contribution is 2.32. The van der Waals surface area contributed by atoms with Gasteiger partial charge in [0.2, 0.25) is 11.8 Å². The number of aliphatic imine (C=N–C) groups is 1. The zero-order valence-corrected chi connectivity index (χ0v) is 18.7. The molecule has 0 radical (unpaired) electrons. The van der Waals surface area contributed by atoms with Crippen LogP contribution in [0.4, 0.5) is 11.4 Å². The minimum Gasteiger partial charge on any atom is -0.494 e. The fraction of sp³-hybridized carbons (Fsp3) is 0.318. The van der Waals surface area contributed by atoms with Crippen LogP contribution in [0.3, 0.4) is 0 Å². The number of thioether (sulfide) groups is 1. The molecule has 8 heteroatoms. The summed E-state index contributed by atoms with van der Waals surface area (Å²) in [7, 11) is 1.64. The number of hydrogen-bond donors (Lipinski definition) is 1. The molecule has 1 saturated heterocycles. The van der Waals surface area contributed by atoms with Gasteiger partial charge in [-0.05, 0) is 55.3 Å². The number of amides is 2. The third kappa shape index (κ3) is 5.15. The molecule has 2 amide bonds. The van der Waals surface area contributed by atoms with Gasteiger partial charge < -0.3 is 10.1 Å². The van der Waals surface area contributed by atoms with Gasteiger partial charge in [-0.1, -0.05) is 36.4 Å². The maximum atomic E-state index is 12.9. The monoisotopic (exact) mass is 445 g/mol. The lowest BCUT2D eigenvalue weighted by Crippen LogP contribution is -2.31. The third-order valence-electron chi connectivity index (χ3n) is 4.55. The molecule has 1 atom stereocenters. The molecule has 1 aliphatic heterocycles. The highest BCUT2D eigenvalue weighted by molar-refractivity contribution is 8.15. The van der Waals surface area contributed by atoms with Crippen LogP contribution in [0.25, 0.3) is 0 Å². The van der Waals surface area contributed by atoms with Gasteiger partial charge in [0.15, 0.2) is 5.17 Å². The molecule has 2 aromatic carbocycles. The van der Waals surface area contributed by atoms with Crippen LogP contribution in [0, 0.1) is 6.92 Å². The molecule has 0 aliphatic carbocycles.